The minimum absolute atomic E-state index is 0.0323. The molecule has 6 heteroatoms. The largest absolute Gasteiger partial charge is 0.497 e. The number of ether oxygens (including phenoxy) is 2. The van der Waals surface area contributed by atoms with Crippen molar-refractivity contribution in [2.24, 2.45) is 0 Å². The van der Waals surface area contributed by atoms with E-state index in [0.29, 0.717) is 22.7 Å². The van der Waals surface area contributed by atoms with Crippen LogP contribution in [0, 0.1) is 11.3 Å². The first-order chi connectivity index (χ1) is 11.0. The minimum atomic E-state index is -0.306. The molecule has 1 amide bonds. The zero-order valence-corrected chi connectivity index (χ0v) is 13.6. The molecule has 120 valence electrons. The van der Waals surface area contributed by atoms with Crippen LogP contribution in [0.5, 0.6) is 11.5 Å². The van der Waals surface area contributed by atoms with Gasteiger partial charge < -0.3 is 19.4 Å². The summed E-state index contributed by atoms with van der Waals surface area (Å²) in [6, 6.07) is 8.91. The van der Waals surface area contributed by atoms with E-state index in [4.69, 9.17) is 9.47 Å². The van der Waals surface area contributed by atoms with Gasteiger partial charge in [0.25, 0.3) is 5.91 Å². The van der Waals surface area contributed by atoms with Crippen molar-refractivity contribution in [3.8, 4) is 23.3 Å². The summed E-state index contributed by atoms with van der Waals surface area (Å²) in [4.78, 5) is 12.5. The van der Waals surface area contributed by atoms with E-state index in [9.17, 15) is 10.1 Å². The second kappa shape index (κ2) is 6.88. The number of nitrogens with one attached hydrogen (secondary N) is 1. The van der Waals surface area contributed by atoms with Crippen molar-refractivity contribution in [3.05, 3.63) is 41.7 Å². The van der Waals surface area contributed by atoms with Crippen molar-refractivity contribution in [2.75, 3.05) is 14.2 Å². The Morgan fingerprint density at radius 2 is 2.00 bits per heavy atom. The molecule has 2 aromatic rings. The van der Waals surface area contributed by atoms with Gasteiger partial charge in [-0.2, -0.15) is 5.26 Å². The molecule has 0 atom stereocenters. The van der Waals surface area contributed by atoms with Crippen molar-refractivity contribution in [1.82, 2.24) is 9.88 Å². The first-order valence-electron chi connectivity index (χ1n) is 7.16. The van der Waals surface area contributed by atoms with Gasteiger partial charge in [0.05, 0.1) is 25.5 Å². The minimum Gasteiger partial charge on any atom is -0.497 e. The SMILES string of the molecule is COc1ccc(-n2ccc(C#N)c2C(=O)NC(C)C)c(OC)c1. The molecule has 0 aliphatic rings. The van der Waals surface area contributed by atoms with Gasteiger partial charge in [-0.1, -0.05) is 0 Å². The van der Waals surface area contributed by atoms with Crippen LogP contribution in [-0.2, 0) is 0 Å². The molecule has 0 saturated carbocycles. The Kier molecular flexibility index (Phi) is 4.91. The molecule has 0 saturated heterocycles. The van der Waals surface area contributed by atoms with Gasteiger partial charge in [-0.3, -0.25) is 4.79 Å². The average molecular weight is 313 g/mol. The normalized spacial score (nSPS) is 10.3. The Balaban J connectivity index is 2.59. The van der Waals surface area contributed by atoms with Gasteiger partial charge in [-0.15, -0.1) is 0 Å². The third kappa shape index (κ3) is 3.29. The van der Waals surface area contributed by atoms with E-state index < -0.39 is 0 Å². The number of rotatable bonds is 5. The summed E-state index contributed by atoms with van der Waals surface area (Å²) in [6.45, 7) is 3.73. The second-order valence-corrected chi connectivity index (χ2v) is 5.23. The summed E-state index contributed by atoms with van der Waals surface area (Å²) >= 11 is 0. The van der Waals surface area contributed by atoms with Crippen molar-refractivity contribution < 1.29 is 14.3 Å². The van der Waals surface area contributed by atoms with E-state index in [2.05, 4.69) is 11.4 Å². The summed E-state index contributed by atoms with van der Waals surface area (Å²) < 4.78 is 12.2. The van der Waals surface area contributed by atoms with Gasteiger partial charge in [-0.25, -0.2) is 0 Å². The van der Waals surface area contributed by atoms with Crippen molar-refractivity contribution in [2.45, 2.75) is 19.9 Å². The molecule has 23 heavy (non-hydrogen) atoms. The highest BCUT2D eigenvalue weighted by molar-refractivity contribution is 5.96. The number of nitriles is 1. The Labute approximate surface area is 135 Å². The van der Waals surface area contributed by atoms with Gasteiger partial charge in [0.1, 0.15) is 23.3 Å². The second-order valence-electron chi connectivity index (χ2n) is 5.23. The van der Waals surface area contributed by atoms with Gasteiger partial charge in [-0.05, 0) is 32.0 Å². The fourth-order valence-corrected chi connectivity index (χ4v) is 2.27. The van der Waals surface area contributed by atoms with E-state index in [1.165, 1.54) is 0 Å². The molecule has 1 aromatic carbocycles. The Hall–Kier alpha value is -2.94. The molecule has 1 N–H and O–H groups in total. The third-order valence-electron chi connectivity index (χ3n) is 3.29. The van der Waals surface area contributed by atoms with Gasteiger partial charge in [0, 0.05) is 18.3 Å². The highest BCUT2D eigenvalue weighted by Crippen LogP contribution is 2.30. The third-order valence-corrected chi connectivity index (χ3v) is 3.29. The number of nitrogens with zero attached hydrogens (tertiary/aromatic N) is 2. The number of benzene rings is 1. The molecule has 0 bridgehead atoms. The summed E-state index contributed by atoms with van der Waals surface area (Å²) in [6.07, 6.45) is 1.68. The zero-order chi connectivity index (χ0) is 17.0. The molecule has 0 unspecified atom stereocenters. The molecule has 2 rings (SSSR count). The zero-order valence-electron chi connectivity index (χ0n) is 13.6. The lowest BCUT2D eigenvalue weighted by Gasteiger charge is -2.15. The summed E-state index contributed by atoms with van der Waals surface area (Å²) in [7, 11) is 3.11. The lowest BCUT2D eigenvalue weighted by atomic mass is 10.2. The van der Waals surface area contributed by atoms with Crippen LogP contribution in [0.1, 0.15) is 29.9 Å². The van der Waals surface area contributed by atoms with E-state index in [1.807, 2.05) is 13.8 Å². The summed E-state index contributed by atoms with van der Waals surface area (Å²) in [5.74, 6) is 0.883. The molecule has 1 aromatic heterocycles. The number of carbonyl (C=O) groups is 1. The van der Waals surface area contributed by atoms with E-state index in [1.54, 1.807) is 49.2 Å². The fraction of sp³-hybridized carbons (Fsp3) is 0.294. The smallest absolute Gasteiger partial charge is 0.269 e. The average Bonchev–Trinajstić information content (AvgIpc) is 2.97. The molecular formula is C17H19N3O3. The Morgan fingerprint density at radius 3 is 2.57 bits per heavy atom. The van der Waals surface area contributed by atoms with Crippen molar-refractivity contribution >= 4 is 5.91 Å². The molecule has 1 heterocycles. The molecule has 6 nitrogen and oxygen atoms in total. The van der Waals surface area contributed by atoms with E-state index in [-0.39, 0.29) is 17.6 Å². The monoisotopic (exact) mass is 313 g/mol. The molecule has 0 fully saturated rings. The molecule has 0 aliphatic carbocycles. The number of hydrogen-bond acceptors (Lipinski definition) is 4. The molecule has 0 aliphatic heterocycles. The first kappa shape index (κ1) is 16.4. The van der Waals surface area contributed by atoms with Crippen LogP contribution in [0.3, 0.4) is 0 Å². The number of aromatic nitrogens is 1. The maximum Gasteiger partial charge on any atom is 0.269 e. The molecule has 0 radical (unpaired) electrons. The number of hydrogen-bond donors (Lipinski definition) is 1. The van der Waals surface area contributed by atoms with Crippen LogP contribution < -0.4 is 14.8 Å². The van der Waals surface area contributed by atoms with Gasteiger partial charge in [0.2, 0.25) is 0 Å². The Bertz CT molecular complexity index is 757. The van der Waals surface area contributed by atoms with Crippen LogP contribution >= 0.6 is 0 Å². The topological polar surface area (TPSA) is 76.3 Å². The van der Waals surface area contributed by atoms with E-state index in [0.717, 1.165) is 0 Å². The van der Waals surface area contributed by atoms with E-state index >= 15 is 0 Å². The number of methoxy groups -OCH3 is 2. The first-order valence-corrected chi connectivity index (χ1v) is 7.16. The molecular weight excluding hydrogens is 294 g/mol. The van der Waals surface area contributed by atoms with Crippen molar-refractivity contribution in [1.29, 1.82) is 5.26 Å². The number of amides is 1. The maximum atomic E-state index is 12.5. The fourth-order valence-electron chi connectivity index (χ4n) is 2.27. The van der Waals surface area contributed by atoms with Crippen LogP contribution in [0.2, 0.25) is 0 Å². The molecule has 0 spiro atoms. The summed E-state index contributed by atoms with van der Waals surface area (Å²) in [5, 5.41) is 12.1. The van der Waals surface area contributed by atoms with Gasteiger partial charge >= 0.3 is 0 Å². The van der Waals surface area contributed by atoms with Crippen LogP contribution in [0.25, 0.3) is 5.69 Å². The van der Waals surface area contributed by atoms with Crippen molar-refractivity contribution in [3.63, 3.8) is 0 Å². The lowest BCUT2D eigenvalue weighted by Crippen LogP contribution is -2.32. The highest BCUT2D eigenvalue weighted by atomic mass is 16.5. The Morgan fingerprint density at radius 1 is 1.26 bits per heavy atom. The van der Waals surface area contributed by atoms with Crippen LogP contribution in [0.4, 0.5) is 0 Å². The van der Waals surface area contributed by atoms with Crippen LogP contribution in [0.15, 0.2) is 30.5 Å². The van der Waals surface area contributed by atoms with Crippen LogP contribution in [-0.4, -0.2) is 30.7 Å². The highest BCUT2D eigenvalue weighted by Gasteiger charge is 2.20. The standard InChI is InChI=1S/C17H19N3O3/c1-11(2)19-17(21)16-12(10-18)7-8-20(16)14-6-5-13(22-3)9-15(14)23-4/h5-9,11H,1-4H3,(H,19,21). The maximum absolute atomic E-state index is 12.5. The lowest BCUT2D eigenvalue weighted by molar-refractivity contribution is 0.0936. The summed E-state index contributed by atoms with van der Waals surface area (Å²) in [5.41, 5.74) is 1.24. The predicted octanol–water partition coefficient (Wildman–Crippen LogP) is 2.50. The van der Waals surface area contributed by atoms with Gasteiger partial charge in [0.15, 0.2) is 0 Å². The number of carbonyl (C=O) groups excluding carboxylic acids is 1. The quantitative estimate of drug-likeness (QED) is 0.920. The predicted molar refractivity (Wildman–Crippen MR) is 86.2 cm³/mol.